The summed E-state index contributed by atoms with van der Waals surface area (Å²) >= 11 is 0. The van der Waals surface area contributed by atoms with Crippen LogP contribution in [-0.2, 0) is 17.7 Å². The van der Waals surface area contributed by atoms with Gasteiger partial charge in [-0.3, -0.25) is 4.98 Å². The van der Waals surface area contributed by atoms with Gasteiger partial charge in [-0.1, -0.05) is 12.1 Å². The van der Waals surface area contributed by atoms with E-state index in [1.165, 1.54) is 19.2 Å². The molecule has 0 aliphatic rings. The third kappa shape index (κ3) is 3.48. The summed E-state index contributed by atoms with van der Waals surface area (Å²) in [6.07, 6.45) is 5.83. The van der Waals surface area contributed by atoms with Gasteiger partial charge >= 0.3 is 5.97 Å². The molecule has 2 aromatic heterocycles. The van der Waals surface area contributed by atoms with Gasteiger partial charge in [0.25, 0.3) is 0 Å². The number of carbonyl (C=O) groups excluding carboxylic acids is 1. The number of ether oxygens (including phenoxy) is 1. The number of halogens is 1. The van der Waals surface area contributed by atoms with Crippen molar-refractivity contribution in [3.63, 3.8) is 0 Å². The molecule has 122 valence electrons. The van der Waals surface area contributed by atoms with Crippen LogP contribution in [0.2, 0.25) is 0 Å². The lowest BCUT2D eigenvalue weighted by Gasteiger charge is -2.08. The topological polar surface area (TPSA) is 57.0 Å². The number of rotatable bonds is 5. The van der Waals surface area contributed by atoms with Gasteiger partial charge in [0.15, 0.2) is 5.82 Å². The van der Waals surface area contributed by atoms with Crippen molar-refractivity contribution in [1.29, 1.82) is 0 Å². The number of aromatic nitrogens is 3. The molecule has 2 heterocycles. The van der Waals surface area contributed by atoms with E-state index in [1.807, 2.05) is 10.8 Å². The number of benzene rings is 1. The van der Waals surface area contributed by atoms with Crippen molar-refractivity contribution in [2.45, 2.75) is 13.0 Å². The minimum absolute atomic E-state index is 0.245. The molecular formula is C18H16FN3O2. The number of esters is 1. The maximum absolute atomic E-state index is 13.0. The maximum Gasteiger partial charge on any atom is 0.337 e. The third-order valence-electron chi connectivity index (χ3n) is 3.68. The molecule has 0 saturated carbocycles. The minimum atomic E-state index is -0.414. The molecule has 24 heavy (non-hydrogen) atoms. The molecule has 5 nitrogen and oxygen atoms in total. The molecule has 0 N–H and O–H groups in total. The first kappa shape index (κ1) is 15.9. The van der Waals surface area contributed by atoms with E-state index in [9.17, 15) is 9.18 Å². The molecule has 3 rings (SSSR count). The molecule has 0 fully saturated rings. The normalized spacial score (nSPS) is 10.6. The zero-order valence-electron chi connectivity index (χ0n) is 13.1. The minimum Gasteiger partial charge on any atom is -0.465 e. The fourth-order valence-electron chi connectivity index (χ4n) is 2.42. The van der Waals surface area contributed by atoms with Crippen molar-refractivity contribution >= 4 is 5.97 Å². The number of methoxy groups -OCH3 is 1. The van der Waals surface area contributed by atoms with E-state index in [0.717, 1.165) is 12.0 Å². The highest BCUT2D eigenvalue weighted by Crippen LogP contribution is 2.17. The van der Waals surface area contributed by atoms with Crippen LogP contribution in [-0.4, -0.2) is 27.6 Å². The van der Waals surface area contributed by atoms with Crippen LogP contribution in [0.15, 0.2) is 55.0 Å². The van der Waals surface area contributed by atoms with Gasteiger partial charge in [-0.05, 0) is 36.2 Å². The smallest absolute Gasteiger partial charge is 0.337 e. The van der Waals surface area contributed by atoms with Gasteiger partial charge in [-0.25, -0.2) is 14.2 Å². The van der Waals surface area contributed by atoms with E-state index in [0.29, 0.717) is 23.6 Å². The molecule has 0 bridgehead atoms. The number of aryl methyl sites for hydroxylation is 2. The summed E-state index contributed by atoms with van der Waals surface area (Å²) in [7, 11) is 1.34. The van der Waals surface area contributed by atoms with Crippen molar-refractivity contribution in [2.75, 3.05) is 7.11 Å². The Bertz CT molecular complexity index is 843. The van der Waals surface area contributed by atoms with Gasteiger partial charge in [0.05, 0.1) is 12.7 Å². The van der Waals surface area contributed by atoms with Gasteiger partial charge in [-0.2, -0.15) is 0 Å². The standard InChI is InChI=1S/C18H16FN3O2/c1-24-18(23)14-6-8-20-16(12-14)17-21-9-11-22(17)10-7-13-2-4-15(19)5-3-13/h2-6,8-9,11-12H,7,10H2,1H3. The molecular weight excluding hydrogens is 309 g/mol. The van der Waals surface area contributed by atoms with Crippen LogP contribution in [0.1, 0.15) is 15.9 Å². The highest BCUT2D eigenvalue weighted by Gasteiger charge is 2.11. The predicted octanol–water partition coefficient (Wildman–Crippen LogP) is 3.11. The Kier molecular flexibility index (Phi) is 4.65. The van der Waals surface area contributed by atoms with Crippen molar-refractivity contribution in [3.8, 4) is 11.5 Å². The van der Waals surface area contributed by atoms with E-state index in [4.69, 9.17) is 4.74 Å². The zero-order valence-corrected chi connectivity index (χ0v) is 13.1. The van der Waals surface area contributed by atoms with Crippen LogP contribution in [0, 0.1) is 5.82 Å². The van der Waals surface area contributed by atoms with Crippen molar-refractivity contribution in [2.24, 2.45) is 0 Å². The van der Waals surface area contributed by atoms with Crippen LogP contribution in [0.4, 0.5) is 4.39 Å². The van der Waals surface area contributed by atoms with E-state index in [1.54, 1.807) is 36.7 Å². The zero-order chi connectivity index (χ0) is 16.9. The SMILES string of the molecule is COC(=O)c1ccnc(-c2nccn2CCc2ccc(F)cc2)c1. The van der Waals surface area contributed by atoms with Gasteiger partial charge in [-0.15, -0.1) is 0 Å². The number of nitrogens with zero attached hydrogens (tertiary/aromatic N) is 3. The van der Waals surface area contributed by atoms with Gasteiger partial charge < -0.3 is 9.30 Å². The van der Waals surface area contributed by atoms with E-state index >= 15 is 0 Å². The lowest BCUT2D eigenvalue weighted by atomic mass is 10.1. The highest BCUT2D eigenvalue weighted by molar-refractivity contribution is 5.90. The van der Waals surface area contributed by atoms with E-state index in [2.05, 4.69) is 9.97 Å². The van der Waals surface area contributed by atoms with E-state index in [-0.39, 0.29) is 5.82 Å². The molecule has 0 amide bonds. The third-order valence-corrected chi connectivity index (χ3v) is 3.68. The van der Waals surface area contributed by atoms with Crippen LogP contribution < -0.4 is 0 Å². The van der Waals surface area contributed by atoms with Gasteiger partial charge in [0, 0.05) is 25.1 Å². The predicted molar refractivity (Wildman–Crippen MR) is 86.9 cm³/mol. The second-order valence-electron chi connectivity index (χ2n) is 5.24. The highest BCUT2D eigenvalue weighted by atomic mass is 19.1. The molecule has 0 atom stereocenters. The Morgan fingerprint density at radius 1 is 1.17 bits per heavy atom. The second-order valence-corrected chi connectivity index (χ2v) is 5.24. The number of pyridine rings is 1. The summed E-state index contributed by atoms with van der Waals surface area (Å²) in [5.74, 6) is 0.0110. The molecule has 3 aromatic rings. The largest absolute Gasteiger partial charge is 0.465 e. The molecule has 0 saturated heterocycles. The molecule has 6 heteroatoms. The van der Waals surface area contributed by atoms with Crippen molar-refractivity contribution in [3.05, 3.63) is 71.9 Å². The lowest BCUT2D eigenvalue weighted by molar-refractivity contribution is 0.0600. The number of hydrogen-bond acceptors (Lipinski definition) is 4. The molecule has 1 aromatic carbocycles. The average molecular weight is 325 g/mol. The summed E-state index contributed by atoms with van der Waals surface area (Å²) in [6, 6.07) is 9.69. The molecule has 0 radical (unpaired) electrons. The molecule has 0 aliphatic heterocycles. The second kappa shape index (κ2) is 7.04. The first-order valence-corrected chi connectivity index (χ1v) is 7.47. The fraction of sp³-hybridized carbons (Fsp3) is 0.167. The van der Waals surface area contributed by atoms with Gasteiger partial charge in [0.1, 0.15) is 11.5 Å². The van der Waals surface area contributed by atoms with Crippen LogP contribution >= 0.6 is 0 Å². The Morgan fingerprint density at radius 2 is 1.96 bits per heavy atom. The summed E-state index contributed by atoms with van der Waals surface area (Å²) in [5, 5.41) is 0. The summed E-state index contributed by atoms with van der Waals surface area (Å²) in [5.41, 5.74) is 2.06. The number of carbonyl (C=O) groups is 1. The summed E-state index contributed by atoms with van der Waals surface area (Å²) in [4.78, 5) is 20.3. The lowest BCUT2D eigenvalue weighted by Crippen LogP contribution is -2.05. The molecule has 0 spiro atoms. The van der Waals surface area contributed by atoms with Crippen LogP contribution in [0.3, 0.4) is 0 Å². The maximum atomic E-state index is 13.0. The summed E-state index contributed by atoms with van der Waals surface area (Å²) < 4.78 is 19.6. The first-order valence-electron chi connectivity index (χ1n) is 7.47. The monoisotopic (exact) mass is 325 g/mol. The average Bonchev–Trinajstić information content (AvgIpc) is 3.09. The van der Waals surface area contributed by atoms with Gasteiger partial charge in [0.2, 0.25) is 0 Å². The Labute approximate surface area is 138 Å². The Balaban J connectivity index is 1.80. The Morgan fingerprint density at radius 3 is 2.71 bits per heavy atom. The van der Waals surface area contributed by atoms with Crippen LogP contribution in [0.5, 0.6) is 0 Å². The quantitative estimate of drug-likeness (QED) is 0.676. The van der Waals surface area contributed by atoms with Crippen molar-refractivity contribution < 1.29 is 13.9 Å². The molecule has 0 unspecified atom stereocenters. The van der Waals surface area contributed by atoms with Crippen LogP contribution in [0.25, 0.3) is 11.5 Å². The summed E-state index contributed by atoms with van der Waals surface area (Å²) in [6.45, 7) is 0.672. The number of hydrogen-bond donors (Lipinski definition) is 0. The first-order chi connectivity index (χ1) is 11.7. The Hall–Kier alpha value is -3.02. The fourth-order valence-corrected chi connectivity index (χ4v) is 2.42. The molecule has 0 aliphatic carbocycles. The van der Waals surface area contributed by atoms with Crippen molar-refractivity contribution in [1.82, 2.24) is 14.5 Å². The van der Waals surface area contributed by atoms with E-state index < -0.39 is 5.97 Å². The number of imidazole rings is 1.